The predicted molar refractivity (Wildman–Crippen MR) is 84.8 cm³/mol. The van der Waals surface area contributed by atoms with Gasteiger partial charge in [-0.1, -0.05) is 18.7 Å². The van der Waals surface area contributed by atoms with Crippen LogP contribution in [0.5, 0.6) is 5.75 Å². The van der Waals surface area contributed by atoms with E-state index in [1.54, 1.807) is 0 Å². The molecule has 122 valence electrons. The van der Waals surface area contributed by atoms with Crippen molar-refractivity contribution in [3.05, 3.63) is 34.1 Å². The van der Waals surface area contributed by atoms with Gasteiger partial charge in [0, 0.05) is 18.6 Å². The lowest BCUT2D eigenvalue weighted by molar-refractivity contribution is -0.384. The van der Waals surface area contributed by atoms with Gasteiger partial charge in [0.05, 0.1) is 23.5 Å². The van der Waals surface area contributed by atoms with Crippen LogP contribution in [0, 0.1) is 10.1 Å². The molecule has 0 radical (unpaired) electrons. The Balaban J connectivity index is 2.01. The van der Waals surface area contributed by atoms with Gasteiger partial charge in [-0.05, 0) is 6.07 Å². The summed E-state index contributed by atoms with van der Waals surface area (Å²) in [6, 6.07) is 4.00. The van der Waals surface area contributed by atoms with E-state index in [2.05, 4.69) is 20.5 Å². The number of hydrogen-bond acceptors (Lipinski definition) is 7. The SMILES string of the molecule is CCc1nc(SCC(=O)Nc2cc([N+](=O)[O-])ccc2OC)n[nH]1. The number of H-pyrrole nitrogens is 1. The number of nitrogens with zero attached hydrogens (tertiary/aromatic N) is 3. The molecule has 23 heavy (non-hydrogen) atoms. The summed E-state index contributed by atoms with van der Waals surface area (Å²) in [6.07, 6.45) is 0.727. The highest BCUT2D eigenvalue weighted by Gasteiger charge is 2.14. The number of methoxy groups -OCH3 is 1. The van der Waals surface area contributed by atoms with Crippen molar-refractivity contribution < 1.29 is 14.5 Å². The lowest BCUT2D eigenvalue weighted by Gasteiger charge is -2.09. The number of anilines is 1. The second-order valence-corrected chi connectivity index (χ2v) is 5.34. The average Bonchev–Trinajstić information content (AvgIpc) is 3.01. The molecule has 0 aliphatic carbocycles. The molecule has 10 heteroatoms. The lowest BCUT2D eigenvalue weighted by atomic mass is 10.2. The number of hydrogen-bond donors (Lipinski definition) is 2. The summed E-state index contributed by atoms with van der Waals surface area (Å²) in [5, 5.41) is 20.6. The summed E-state index contributed by atoms with van der Waals surface area (Å²) in [7, 11) is 1.42. The molecule has 2 N–H and O–H groups in total. The fourth-order valence-corrected chi connectivity index (χ4v) is 2.34. The van der Waals surface area contributed by atoms with Gasteiger partial charge >= 0.3 is 0 Å². The van der Waals surface area contributed by atoms with Crippen molar-refractivity contribution in [3.8, 4) is 5.75 Å². The maximum atomic E-state index is 12.0. The second-order valence-electron chi connectivity index (χ2n) is 4.40. The fourth-order valence-electron chi connectivity index (χ4n) is 1.72. The van der Waals surface area contributed by atoms with Crippen LogP contribution in [0.1, 0.15) is 12.7 Å². The van der Waals surface area contributed by atoms with Crippen molar-refractivity contribution in [2.24, 2.45) is 0 Å². The zero-order chi connectivity index (χ0) is 16.8. The van der Waals surface area contributed by atoms with E-state index >= 15 is 0 Å². The predicted octanol–water partition coefficient (Wildman–Crippen LogP) is 2.01. The Bertz CT molecular complexity index is 718. The number of aromatic nitrogens is 3. The number of aromatic amines is 1. The first kappa shape index (κ1) is 16.7. The fraction of sp³-hybridized carbons (Fsp3) is 0.308. The molecule has 0 saturated carbocycles. The number of amides is 1. The smallest absolute Gasteiger partial charge is 0.271 e. The molecule has 2 rings (SSSR count). The summed E-state index contributed by atoms with van der Waals surface area (Å²) in [4.78, 5) is 26.4. The molecule has 9 nitrogen and oxygen atoms in total. The minimum absolute atomic E-state index is 0.0762. The van der Waals surface area contributed by atoms with Gasteiger partial charge in [0.15, 0.2) is 0 Å². The van der Waals surface area contributed by atoms with Crippen LogP contribution >= 0.6 is 11.8 Å². The van der Waals surface area contributed by atoms with Crippen LogP contribution in [-0.4, -0.2) is 38.9 Å². The molecule has 1 aromatic heterocycles. The number of nitro benzene ring substituents is 1. The minimum atomic E-state index is -0.538. The molecule has 0 spiro atoms. The van der Waals surface area contributed by atoms with Gasteiger partial charge in [-0.25, -0.2) is 4.98 Å². The van der Waals surface area contributed by atoms with Crippen molar-refractivity contribution >= 4 is 29.0 Å². The highest BCUT2D eigenvalue weighted by Crippen LogP contribution is 2.29. The van der Waals surface area contributed by atoms with Crippen molar-refractivity contribution in [2.75, 3.05) is 18.2 Å². The Labute approximate surface area is 136 Å². The summed E-state index contributed by atoms with van der Waals surface area (Å²) in [5.41, 5.74) is 0.117. The third-order valence-electron chi connectivity index (χ3n) is 2.85. The molecule has 0 saturated heterocycles. The summed E-state index contributed by atoms with van der Waals surface area (Å²) >= 11 is 1.17. The van der Waals surface area contributed by atoms with Crippen molar-refractivity contribution in [3.63, 3.8) is 0 Å². The lowest BCUT2D eigenvalue weighted by Crippen LogP contribution is -2.15. The molecule has 1 amide bonds. The number of thioether (sulfide) groups is 1. The number of benzene rings is 1. The molecular formula is C13H15N5O4S. The normalized spacial score (nSPS) is 10.3. The molecule has 0 atom stereocenters. The first-order valence-electron chi connectivity index (χ1n) is 6.69. The first-order chi connectivity index (χ1) is 11.0. The third kappa shape index (κ3) is 4.42. The van der Waals surface area contributed by atoms with Gasteiger partial charge < -0.3 is 10.1 Å². The molecule has 0 aliphatic heterocycles. The highest BCUT2D eigenvalue weighted by atomic mass is 32.2. The molecular weight excluding hydrogens is 322 g/mol. The molecule has 0 unspecified atom stereocenters. The third-order valence-corrected chi connectivity index (χ3v) is 3.69. The summed E-state index contributed by atoms with van der Waals surface area (Å²) in [6.45, 7) is 1.94. The van der Waals surface area contributed by atoms with E-state index in [1.165, 1.54) is 37.1 Å². The van der Waals surface area contributed by atoms with Crippen LogP contribution in [0.15, 0.2) is 23.4 Å². The number of nitrogens with one attached hydrogen (secondary N) is 2. The molecule has 1 heterocycles. The van der Waals surface area contributed by atoms with Crippen LogP contribution < -0.4 is 10.1 Å². The number of carbonyl (C=O) groups excluding carboxylic acids is 1. The van der Waals surface area contributed by atoms with Gasteiger partial charge in [-0.3, -0.25) is 20.0 Å². The van der Waals surface area contributed by atoms with Crippen molar-refractivity contribution in [1.82, 2.24) is 15.2 Å². The summed E-state index contributed by atoms with van der Waals surface area (Å²) in [5.74, 6) is 0.831. The molecule has 2 aromatic rings. The van der Waals surface area contributed by atoms with E-state index in [4.69, 9.17) is 4.74 Å². The zero-order valence-electron chi connectivity index (χ0n) is 12.5. The van der Waals surface area contributed by atoms with Crippen LogP contribution in [0.25, 0.3) is 0 Å². The standard InChI is InChI=1S/C13H15N5O4S/c1-3-11-15-13(17-16-11)23-7-12(19)14-9-6-8(18(20)21)4-5-10(9)22-2/h4-6H,3,7H2,1-2H3,(H,14,19)(H,15,16,17). The first-order valence-corrected chi connectivity index (χ1v) is 7.68. The van der Waals surface area contributed by atoms with E-state index in [1.807, 2.05) is 6.92 Å². The Morgan fingerprint density at radius 3 is 2.91 bits per heavy atom. The average molecular weight is 337 g/mol. The van der Waals surface area contributed by atoms with E-state index in [9.17, 15) is 14.9 Å². The van der Waals surface area contributed by atoms with E-state index < -0.39 is 4.92 Å². The van der Waals surface area contributed by atoms with Crippen LogP contribution in [0.3, 0.4) is 0 Å². The Hall–Kier alpha value is -2.62. The molecule has 0 fully saturated rings. The number of rotatable bonds is 7. The van der Waals surface area contributed by atoms with Gasteiger partial charge in [0.25, 0.3) is 5.69 Å². The Kier molecular flexibility index (Phi) is 5.52. The highest BCUT2D eigenvalue weighted by molar-refractivity contribution is 7.99. The van der Waals surface area contributed by atoms with E-state index in [0.29, 0.717) is 10.9 Å². The van der Waals surface area contributed by atoms with Crippen LogP contribution in [0.4, 0.5) is 11.4 Å². The molecule has 0 bridgehead atoms. The second kappa shape index (κ2) is 7.58. The molecule has 0 aliphatic rings. The maximum absolute atomic E-state index is 12.0. The van der Waals surface area contributed by atoms with Gasteiger partial charge in [0.1, 0.15) is 11.6 Å². The van der Waals surface area contributed by atoms with Gasteiger partial charge in [-0.15, -0.1) is 5.10 Å². The minimum Gasteiger partial charge on any atom is -0.495 e. The van der Waals surface area contributed by atoms with Crippen molar-refractivity contribution in [2.45, 2.75) is 18.5 Å². The number of carbonyl (C=O) groups is 1. The van der Waals surface area contributed by atoms with Gasteiger partial charge in [-0.2, -0.15) is 0 Å². The largest absolute Gasteiger partial charge is 0.495 e. The van der Waals surface area contributed by atoms with Gasteiger partial charge in [0.2, 0.25) is 11.1 Å². The van der Waals surface area contributed by atoms with Crippen LogP contribution in [-0.2, 0) is 11.2 Å². The molecule has 1 aromatic carbocycles. The maximum Gasteiger partial charge on any atom is 0.271 e. The monoisotopic (exact) mass is 337 g/mol. The number of nitro groups is 1. The number of ether oxygens (including phenoxy) is 1. The number of non-ortho nitro benzene ring substituents is 1. The quantitative estimate of drug-likeness (QED) is 0.450. The van der Waals surface area contributed by atoms with E-state index in [0.717, 1.165) is 12.2 Å². The number of aryl methyl sites for hydroxylation is 1. The summed E-state index contributed by atoms with van der Waals surface area (Å²) < 4.78 is 5.09. The zero-order valence-corrected chi connectivity index (χ0v) is 13.3. The Morgan fingerprint density at radius 1 is 1.52 bits per heavy atom. The van der Waals surface area contributed by atoms with E-state index in [-0.39, 0.29) is 23.0 Å². The topological polar surface area (TPSA) is 123 Å². The van der Waals surface area contributed by atoms with Crippen LogP contribution in [0.2, 0.25) is 0 Å². The van der Waals surface area contributed by atoms with Crippen molar-refractivity contribution in [1.29, 1.82) is 0 Å². The Morgan fingerprint density at radius 2 is 2.30 bits per heavy atom.